The fourth-order valence-corrected chi connectivity index (χ4v) is 3.44. The van der Waals surface area contributed by atoms with Crippen molar-refractivity contribution >= 4 is 28.1 Å². The number of carbonyl (C=O) groups is 1. The maximum absolute atomic E-state index is 12.3. The molecule has 1 amide bonds. The molecule has 0 saturated carbocycles. The molecule has 1 aromatic heterocycles. The zero-order valence-electron chi connectivity index (χ0n) is 15.4. The molecule has 0 aliphatic heterocycles. The highest BCUT2D eigenvalue weighted by molar-refractivity contribution is 9.10. The topological polar surface area (TPSA) is 55.6 Å². The number of carbonyl (C=O) groups excluding carboxylic acids is 1. The average molecular weight is 426 g/mol. The second-order valence-electron chi connectivity index (χ2n) is 6.01. The van der Waals surface area contributed by atoms with E-state index in [-0.39, 0.29) is 5.91 Å². The smallest absolute Gasteiger partial charge is 0.275 e. The molecule has 1 heterocycles. The van der Waals surface area contributed by atoms with Gasteiger partial charge in [0, 0.05) is 21.4 Å². The predicted molar refractivity (Wildman–Crippen MR) is 111 cm³/mol. The van der Waals surface area contributed by atoms with Crippen LogP contribution in [0.25, 0.3) is 5.69 Å². The molecule has 5 nitrogen and oxygen atoms in total. The van der Waals surface area contributed by atoms with E-state index in [0.29, 0.717) is 11.3 Å². The molecule has 0 unspecified atom stereocenters. The summed E-state index contributed by atoms with van der Waals surface area (Å²) in [6, 6.07) is 17.1. The average Bonchev–Trinajstić information content (AvgIpc) is 2.95. The summed E-state index contributed by atoms with van der Waals surface area (Å²) in [5, 5.41) is 4.12. The van der Waals surface area contributed by atoms with Gasteiger partial charge in [0.15, 0.2) is 0 Å². The molecule has 1 N–H and O–H groups in total. The molecule has 6 heteroatoms. The molecular weight excluding hydrogens is 406 g/mol. The van der Waals surface area contributed by atoms with Crippen LogP contribution >= 0.6 is 15.9 Å². The zero-order chi connectivity index (χ0) is 19.4. The normalized spacial score (nSPS) is 11.0. The fourth-order valence-electron chi connectivity index (χ4n) is 2.97. The fraction of sp³-hybridized carbons (Fsp3) is 0.143. The van der Waals surface area contributed by atoms with Crippen molar-refractivity contribution < 1.29 is 9.53 Å². The number of hydrogen-bond acceptors (Lipinski definition) is 3. The first-order valence-corrected chi connectivity index (χ1v) is 9.22. The summed E-state index contributed by atoms with van der Waals surface area (Å²) < 4.78 is 8.37. The molecule has 0 bridgehead atoms. The number of aryl methyl sites for hydroxylation is 1. The van der Waals surface area contributed by atoms with E-state index in [2.05, 4.69) is 37.1 Å². The first-order chi connectivity index (χ1) is 13.0. The Morgan fingerprint density at radius 3 is 2.59 bits per heavy atom. The Hall–Kier alpha value is -2.86. The predicted octanol–water partition coefficient (Wildman–Crippen LogP) is 4.63. The molecule has 0 spiro atoms. The van der Waals surface area contributed by atoms with E-state index < -0.39 is 0 Å². The third kappa shape index (κ3) is 3.95. The van der Waals surface area contributed by atoms with Gasteiger partial charge in [0.1, 0.15) is 5.75 Å². The number of amides is 1. The van der Waals surface area contributed by atoms with Crippen molar-refractivity contribution in [1.29, 1.82) is 0 Å². The third-order valence-corrected chi connectivity index (χ3v) is 4.96. The van der Waals surface area contributed by atoms with Crippen molar-refractivity contribution in [3.05, 3.63) is 81.6 Å². The number of nitrogens with zero attached hydrogens (tertiary/aromatic N) is 2. The first kappa shape index (κ1) is 18.9. The highest BCUT2D eigenvalue weighted by Gasteiger charge is 2.12. The largest absolute Gasteiger partial charge is 0.496 e. The quantitative estimate of drug-likeness (QED) is 0.478. The van der Waals surface area contributed by atoms with Crippen LogP contribution in [0.3, 0.4) is 0 Å². The van der Waals surface area contributed by atoms with Gasteiger partial charge >= 0.3 is 0 Å². The van der Waals surface area contributed by atoms with Gasteiger partial charge in [-0.1, -0.05) is 24.3 Å². The van der Waals surface area contributed by atoms with E-state index in [1.807, 2.05) is 44.2 Å². The number of ether oxygens (including phenoxy) is 1. The van der Waals surface area contributed by atoms with Gasteiger partial charge in [-0.05, 0) is 60.1 Å². The molecule has 0 saturated heterocycles. The Morgan fingerprint density at radius 2 is 1.85 bits per heavy atom. The van der Waals surface area contributed by atoms with Gasteiger partial charge in [-0.3, -0.25) is 4.79 Å². The van der Waals surface area contributed by atoms with E-state index in [0.717, 1.165) is 27.1 Å². The van der Waals surface area contributed by atoms with Gasteiger partial charge < -0.3 is 9.30 Å². The van der Waals surface area contributed by atoms with Crippen LogP contribution in [0.5, 0.6) is 5.75 Å². The molecule has 0 aliphatic carbocycles. The molecule has 3 rings (SSSR count). The number of halogens is 1. The lowest BCUT2D eigenvalue weighted by molar-refractivity contribution is 0.0952. The van der Waals surface area contributed by atoms with Crippen molar-refractivity contribution in [2.45, 2.75) is 13.8 Å². The van der Waals surface area contributed by atoms with E-state index in [4.69, 9.17) is 4.74 Å². The molecule has 27 heavy (non-hydrogen) atoms. The van der Waals surface area contributed by atoms with Crippen LogP contribution in [0.2, 0.25) is 0 Å². The highest BCUT2D eigenvalue weighted by Crippen LogP contribution is 2.26. The maximum atomic E-state index is 12.3. The SMILES string of the molecule is COc1ccccc1C(=O)N/N=C\c1cc(C)n(-c2ccccc2Br)c1C. The summed E-state index contributed by atoms with van der Waals surface area (Å²) in [6.07, 6.45) is 1.66. The molecular formula is C21H20BrN3O2. The van der Waals surface area contributed by atoms with Crippen LogP contribution in [-0.2, 0) is 0 Å². The van der Waals surface area contributed by atoms with Gasteiger partial charge in [0.05, 0.1) is 24.6 Å². The lowest BCUT2D eigenvalue weighted by Gasteiger charge is -2.11. The lowest BCUT2D eigenvalue weighted by atomic mass is 10.2. The van der Waals surface area contributed by atoms with Gasteiger partial charge in [0.25, 0.3) is 5.91 Å². The molecule has 3 aromatic rings. The molecule has 138 valence electrons. The Kier molecular flexibility index (Phi) is 5.76. The van der Waals surface area contributed by atoms with Crippen molar-refractivity contribution in [2.75, 3.05) is 7.11 Å². The van der Waals surface area contributed by atoms with Crippen LogP contribution in [0.4, 0.5) is 0 Å². The highest BCUT2D eigenvalue weighted by atomic mass is 79.9. The van der Waals surface area contributed by atoms with Crippen LogP contribution in [0.15, 0.2) is 64.2 Å². The summed E-state index contributed by atoms with van der Waals surface area (Å²) in [4.78, 5) is 12.3. The van der Waals surface area contributed by atoms with Crippen LogP contribution < -0.4 is 10.2 Å². The summed E-state index contributed by atoms with van der Waals surface area (Å²) >= 11 is 3.60. The molecule has 0 radical (unpaired) electrons. The van der Waals surface area contributed by atoms with Crippen molar-refractivity contribution in [3.63, 3.8) is 0 Å². The summed E-state index contributed by atoms with van der Waals surface area (Å²) in [5.41, 5.74) is 7.11. The van der Waals surface area contributed by atoms with E-state index in [1.165, 1.54) is 7.11 Å². The van der Waals surface area contributed by atoms with Gasteiger partial charge in [-0.25, -0.2) is 5.43 Å². The number of benzene rings is 2. The lowest BCUT2D eigenvalue weighted by Crippen LogP contribution is -2.18. The standard InChI is InChI=1S/C21H20BrN3O2/c1-14-12-16(15(2)25(14)19-10-6-5-9-18(19)22)13-23-24-21(26)17-8-4-7-11-20(17)27-3/h4-13H,1-3H3,(H,24,26)/b23-13-. The van der Waals surface area contributed by atoms with Gasteiger partial charge in [-0.15, -0.1) is 0 Å². The van der Waals surface area contributed by atoms with E-state index in [1.54, 1.807) is 24.4 Å². The maximum Gasteiger partial charge on any atom is 0.275 e. The molecule has 0 atom stereocenters. The monoisotopic (exact) mass is 425 g/mol. The van der Waals surface area contributed by atoms with Gasteiger partial charge in [-0.2, -0.15) is 5.10 Å². The third-order valence-electron chi connectivity index (χ3n) is 4.28. The number of para-hydroxylation sites is 2. The molecule has 0 aliphatic rings. The number of methoxy groups -OCH3 is 1. The summed E-state index contributed by atoms with van der Waals surface area (Å²) in [7, 11) is 1.53. The summed E-state index contributed by atoms with van der Waals surface area (Å²) in [5.74, 6) is 0.195. The van der Waals surface area contributed by atoms with Crippen molar-refractivity contribution in [2.24, 2.45) is 5.10 Å². The first-order valence-electron chi connectivity index (χ1n) is 8.43. The Balaban J connectivity index is 1.82. The number of nitrogens with one attached hydrogen (secondary N) is 1. The van der Waals surface area contributed by atoms with Crippen LogP contribution in [0, 0.1) is 13.8 Å². The van der Waals surface area contributed by atoms with Crippen LogP contribution in [0.1, 0.15) is 27.3 Å². The second kappa shape index (κ2) is 8.22. The van der Waals surface area contributed by atoms with Gasteiger partial charge in [0.2, 0.25) is 0 Å². The van der Waals surface area contributed by atoms with E-state index in [9.17, 15) is 4.79 Å². The Labute approximate surface area is 166 Å². The van der Waals surface area contributed by atoms with Crippen LogP contribution in [-0.4, -0.2) is 23.8 Å². The van der Waals surface area contributed by atoms with Crippen molar-refractivity contribution in [1.82, 2.24) is 9.99 Å². The zero-order valence-corrected chi connectivity index (χ0v) is 16.9. The van der Waals surface area contributed by atoms with E-state index >= 15 is 0 Å². The number of rotatable bonds is 5. The number of hydrazone groups is 1. The Morgan fingerprint density at radius 1 is 1.15 bits per heavy atom. The number of hydrogen-bond donors (Lipinski definition) is 1. The summed E-state index contributed by atoms with van der Waals surface area (Å²) in [6.45, 7) is 4.06. The number of aromatic nitrogens is 1. The minimum Gasteiger partial charge on any atom is -0.496 e. The Bertz CT molecular complexity index is 1010. The van der Waals surface area contributed by atoms with Crippen molar-refractivity contribution in [3.8, 4) is 11.4 Å². The molecule has 2 aromatic carbocycles. The minimum atomic E-state index is -0.316. The second-order valence-corrected chi connectivity index (χ2v) is 6.87. The molecule has 0 fully saturated rings. The minimum absolute atomic E-state index is 0.316.